The second kappa shape index (κ2) is 18.7. The minimum absolute atomic E-state index is 0.0331. The first-order chi connectivity index (χ1) is 29.3. The maximum absolute atomic E-state index is 14.4. The van der Waals surface area contributed by atoms with Gasteiger partial charge in [-0.25, -0.2) is 36.2 Å². The second-order valence-electron chi connectivity index (χ2n) is 14.3. The number of aromatic nitrogens is 8. The molecule has 322 valence electrons. The van der Waals surface area contributed by atoms with Crippen LogP contribution in [0.4, 0.5) is 11.8 Å². The van der Waals surface area contributed by atoms with E-state index >= 15 is 0 Å². The number of imidazole rings is 2. The predicted octanol–water partition coefficient (Wildman–Crippen LogP) is 2.67. The maximum atomic E-state index is 14.4. The van der Waals surface area contributed by atoms with Crippen molar-refractivity contribution in [1.29, 1.82) is 0 Å². The third-order valence-corrected chi connectivity index (χ3v) is 12.0. The molecule has 0 spiro atoms. The first-order valence-corrected chi connectivity index (χ1v) is 21.5. The van der Waals surface area contributed by atoms with Crippen molar-refractivity contribution in [2.24, 2.45) is 11.8 Å². The molecular weight excluding hydrogens is 842 g/mol. The molecule has 1 aromatic carbocycles. The maximum Gasteiger partial charge on any atom is 0.695 e. The van der Waals surface area contributed by atoms with Crippen LogP contribution in [0, 0.1) is 18.4 Å². The summed E-state index contributed by atoms with van der Waals surface area (Å²) in [5.74, 6) is -1.98. The lowest BCUT2D eigenvalue weighted by Crippen LogP contribution is -2.38. The standard InChI is InChI=1S/C35H40N12O12P2/c1-18(2)31(49)43-35-42-30-26(33(51)44-35)40-17-47(30)34-27(59-60(52)53)19(3)23(58-34)14-56-61(54,55-11-10-36-4)45-21-12-24(57-22(21)13-48)46-16-39-25-28(37-15-38-29(25)46)41-32(50)20-8-6-5-7-9-20/h5-9,15-19,21-24,27,34,48H,10-14H2,1-3H3,(H4-,37,38,41,42,43,44,45,49,50,51,52,53,54)/p+1. The first kappa shape index (κ1) is 43.6. The Morgan fingerprint density at radius 3 is 2.54 bits per heavy atom. The minimum atomic E-state index is -4.36. The molecule has 0 bridgehead atoms. The zero-order valence-corrected chi connectivity index (χ0v) is 34.5. The third kappa shape index (κ3) is 9.56. The Balaban J connectivity index is 1.09. The van der Waals surface area contributed by atoms with Crippen LogP contribution in [-0.2, 0) is 37.0 Å². The number of carbonyl (C=O) groups is 2. The lowest BCUT2D eigenvalue weighted by Gasteiger charge is -2.26. The van der Waals surface area contributed by atoms with Gasteiger partial charge >= 0.3 is 16.0 Å². The number of nitrogens with zero attached hydrogens (tertiary/aromatic N) is 8. The van der Waals surface area contributed by atoms with Crippen LogP contribution in [0.25, 0.3) is 27.2 Å². The second-order valence-corrected chi connectivity index (χ2v) is 16.7. The fourth-order valence-electron chi connectivity index (χ4n) is 6.77. The lowest BCUT2D eigenvalue weighted by molar-refractivity contribution is -0.118. The van der Waals surface area contributed by atoms with Crippen LogP contribution in [0.2, 0.25) is 0 Å². The molecule has 2 amide bonds. The van der Waals surface area contributed by atoms with Crippen molar-refractivity contribution in [3.05, 3.63) is 76.6 Å². The summed E-state index contributed by atoms with van der Waals surface area (Å²) in [6.07, 6.45) is -1.13. The molecule has 0 aliphatic carbocycles. The number of aliphatic hydroxyl groups is 1. The van der Waals surface area contributed by atoms with Gasteiger partial charge in [-0.3, -0.25) is 42.9 Å². The number of carbonyl (C=O) groups excluding carboxylic acids is 2. The minimum Gasteiger partial charge on any atom is -0.394 e. The van der Waals surface area contributed by atoms with E-state index < -0.39 is 95.2 Å². The number of amides is 2. The molecule has 9 unspecified atom stereocenters. The van der Waals surface area contributed by atoms with E-state index in [9.17, 15) is 33.5 Å². The Bertz CT molecular complexity index is 2570. The summed E-state index contributed by atoms with van der Waals surface area (Å²) in [4.78, 5) is 75.1. The molecule has 0 radical (unpaired) electrons. The van der Waals surface area contributed by atoms with Gasteiger partial charge in [0.2, 0.25) is 18.4 Å². The zero-order valence-electron chi connectivity index (χ0n) is 32.7. The number of benzene rings is 1. The van der Waals surface area contributed by atoms with Gasteiger partial charge < -0.3 is 24.7 Å². The van der Waals surface area contributed by atoms with Crippen LogP contribution in [0.5, 0.6) is 0 Å². The number of rotatable bonds is 17. The van der Waals surface area contributed by atoms with Crippen LogP contribution in [-0.4, -0.2) is 112 Å². The molecule has 61 heavy (non-hydrogen) atoms. The van der Waals surface area contributed by atoms with Gasteiger partial charge in [0.15, 0.2) is 40.5 Å². The Kier molecular flexibility index (Phi) is 13.4. The van der Waals surface area contributed by atoms with Crippen molar-refractivity contribution < 1.29 is 51.8 Å². The number of ether oxygens (including phenoxy) is 2. The molecule has 2 aliphatic heterocycles. The van der Waals surface area contributed by atoms with E-state index in [1.807, 2.05) is 0 Å². The van der Waals surface area contributed by atoms with Crippen molar-refractivity contribution in [2.45, 2.75) is 64.0 Å². The summed E-state index contributed by atoms with van der Waals surface area (Å²) < 4.78 is 58.7. The normalized spacial score (nSPS) is 23.9. The first-order valence-electron chi connectivity index (χ1n) is 18.9. The average Bonchev–Trinajstić information content (AvgIpc) is 4.02. The third-order valence-electron chi connectivity index (χ3n) is 9.93. The number of aromatic amines is 1. The lowest BCUT2D eigenvalue weighted by atomic mass is 10.0. The zero-order chi connectivity index (χ0) is 43.4. The van der Waals surface area contributed by atoms with Crippen LogP contribution >= 0.6 is 16.0 Å². The van der Waals surface area contributed by atoms with Gasteiger partial charge in [-0.2, -0.15) is 4.98 Å². The quantitative estimate of drug-likeness (QED) is 0.0444. The highest BCUT2D eigenvalue weighted by atomic mass is 31.2. The van der Waals surface area contributed by atoms with Gasteiger partial charge in [-0.15, -0.1) is 9.42 Å². The average molecular weight is 884 g/mol. The molecule has 9 atom stereocenters. The van der Waals surface area contributed by atoms with Gasteiger partial charge in [0, 0.05) is 28.4 Å². The summed E-state index contributed by atoms with van der Waals surface area (Å²) in [5, 5.41) is 18.5. The molecule has 4 aromatic heterocycles. The fraction of sp³-hybridized carbons (Fsp3) is 0.457. The SMILES string of the molecule is [C-]#[N+]CCOP(=O)(NC1CC(n2cnc3c(NC(=O)c4ccccc4)ncnc32)OC1CO)OCC1OC(n2cnc3c(=O)[nH]c(NC(=O)C(C)C)nc32)C(O[P+](=O)O)C1C. The van der Waals surface area contributed by atoms with E-state index in [0.717, 1.165) is 0 Å². The Morgan fingerprint density at radius 2 is 1.82 bits per heavy atom. The smallest absolute Gasteiger partial charge is 0.394 e. The van der Waals surface area contributed by atoms with E-state index in [2.05, 4.69) is 50.5 Å². The number of hydrogen-bond acceptors (Lipinski definition) is 16. The largest absolute Gasteiger partial charge is 0.695 e. The molecule has 24 nitrogen and oxygen atoms in total. The van der Waals surface area contributed by atoms with Crippen LogP contribution in [0.15, 0.2) is 54.1 Å². The van der Waals surface area contributed by atoms with Gasteiger partial charge in [0.25, 0.3) is 11.5 Å². The number of nitrogens with one attached hydrogen (secondary N) is 4. The summed E-state index contributed by atoms with van der Waals surface area (Å²) in [6, 6.07) is 7.68. The Labute approximate surface area is 346 Å². The molecule has 26 heteroatoms. The van der Waals surface area contributed by atoms with Crippen molar-refractivity contribution in [3.8, 4) is 0 Å². The van der Waals surface area contributed by atoms with E-state index in [1.54, 1.807) is 55.7 Å². The molecule has 6 heterocycles. The monoisotopic (exact) mass is 883 g/mol. The van der Waals surface area contributed by atoms with E-state index in [0.29, 0.717) is 11.2 Å². The van der Waals surface area contributed by atoms with Gasteiger partial charge in [0.1, 0.15) is 19.2 Å². The molecule has 5 aromatic rings. The van der Waals surface area contributed by atoms with Gasteiger partial charge in [-0.05, 0) is 12.1 Å². The molecule has 2 aliphatic rings. The van der Waals surface area contributed by atoms with Crippen LogP contribution in [0.3, 0.4) is 0 Å². The van der Waals surface area contributed by atoms with Crippen LogP contribution < -0.4 is 21.3 Å². The molecule has 6 N–H and O–H groups in total. The molecule has 0 saturated carbocycles. The van der Waals surface area contributed by atoms with Crippen molar-refractivity contribution in [3.63, 3.8) is 0 Å². The highest BCUT2D eigenvalue weighted by Crippen LogP contribution is 2.49. The molecular formula is C35H41N12O12P2+. The highest BCUT2D eigenvalue weighted by molar-refractivity contribution is 7.51. The molecule has 7 rings (SSSR count). The molecule has 2 fully saturated rings. The van der Waals surface area contributed by atoms with E-state index in [1.165, 1.54) is 23.5 Å². The van der Waals surface area contributed by atoms with Gasteiger partial charge in [0.05, 0.1) is 44.1 Å². The highest BCUT2D eigenvalue weighted by Gasteiger charge is 2.50. The fourth-order valence-corrected chi connectivity index (χ4v) is 8.85. The summed E-state index contributed by atoms with van der Waals surface area (Å²) >= 11 is 0. The van der Waals surface area contributed by atoms with E-state index in [-0.39, 0.29) is 48.0 Å². The van der Waals surface area contributed by atoms with Crippen LogP contribution in [0.1, 0.15) is 50.0 Å². The van der Waals surface area contributed by atoms with Gasteiger partial charge in [-0.1, -0.05) is 39.0 Å². The number of fused-ring (bicyclic) bond motifs is 2. The van der Waals surface area contributed by atoms with E-state index in [4.69, 9.17) is 29.6 Å². The van der Waals surface area contributed by atoms with Crippen molar-refractivity contribution >= 4 is 61.9 Å². The predicted molar refractivity (Wildman–Crippen MR) is 213 cm³/mol. The van der Waals surface area contributed by atoms with Crippen molar-refractivity contribution in [1.82, 2.24) is 44.1 Å². The van der Waals surface area contributed by atoms with Crippen molar-refractivity contribution in [2.75, 3.05) is 37.0 Å². The number of aliphatic hydroxyl groups excluding tert-OH is 1. The number of H-pyrrole nitrogens is 1. The summed E-state index contributed by atoms with van der Waals surface area (Å²) in [5.41, 5.74) is 0.161. The number of hydrogen-bond donors (Lipinski definition) is 6. The Hall–Kier alpha value is -5.44. The summed E-state index contributed by atoms with van der Waals surface area (Å²) in [6.45, 7) is 10.7. The Morgan fingerprint density at radius 1 is 1.07 bits per heavy atom. The number of anilines is 2. The summed E-state index contributed by atoms with van der Waals surface area (Å²) in [7, 11) is -7.54. The topological polar surface area (TPSA) is 303 Å². The molecule has 2 saturated heterocycles.